The van der Waals surface area contributed by atoms with Crippen molar-refractivity contribution in [2.75, 3.05) is 13.1 Å². The number of nitrogens with zero attached hydrogens (tertiary/aromatic N) is 1. The van der Waals surface area contributed by atoms with E-state index < -0.39 is 0 Å². The maximum Gasteiger partial charge on any atom is 0.320 e. The molecule has 0 N–H and O–H groups in total. The number of benzene rings is 1. The van der Waals surface area contributed by atoms with Crippen molar-refractivity contribution >= 4 is 5.97 Å². The number of rotatable bonds is 9. The Morgan fingerprint density at radius 2 is 2.04 bits per heavy atom. The van der Waals surface area contributed by atoms with Crippen molar-refractivity contribution in [2.24, 2.45) is 17.8 Å². The molecule has 0 bridgehead atoms. The van der Waals surface area contributed by atoms with Gasteiger partial charge in [-0.15, -0.1) is 6.58 Å². The lowest BCUT2D eigenvalue weighted by Crippen LogP contribution is -2.39. The number of carbonyl (C=O) groups excluding carboxylic acids is 1. The van der Waals surface area contributed by atoms with Crippen molar-refractivity contribution in [2.45, 2.75) is 59.1 Å². The highest BCUT2D eigenvalue weighted by molar-refractivity contribution is 5.72. The third-order valence-electron chi connectivity index (χ3n) is 5.50. The summed E-state index contributed by atoms with van der Waals surface area (Å²) in [6, 6.07) is 10.3. The van der Waals surface area contributed by atoms with Gasteiger partial charge in [-0.1, -0.05) is 63.6 Å². The van der Waals surface area contributed by atoms with Gasteiger partial charge in [-0.05, 0) is 42.6 Å². The van der Waals surface area contributed by atoms with E-state index in [1.807, 2.05) is 24.3 Å². The Balaban J connectivity index is 1.95. The van der Waals surface area contributed by atoms with Crippen LogP contribution in [0.2, 0.25) is 0 Å². The van der Waals surface area contributed by atoms with Crippen molar-refractivity contribution in [3.63, 3.8) is 0 Å². The lowest BCUT2D eigenvalue weighted by molar-refractivity contribution is -0.157. The monoisotopic (exact) mass is 357 g/mol. The Morgan fingerprint density at radius 3 is 2.69 bits per heavy atom. The first kappa shape index (κ1) is 20.7. The maximum atomic E-state index is 12.7. The van der Waals surface area contributed by atoms with E-state index in [1.165, 1.54) is 18.4 Å². The molecular formula is C23H35NO2. The average molecular weight is 358 g/mol. The van der Waals surface area contributed by atoms with Gasteiger partial charge in [-0.25, -0.2) is 0 Å². The molecule has 0 radical (unpaired) electrons. The molecule has 1 fully saturated rings. The molecule has 26 heavy (non-hydrogen) atoms. The van der Waals surface area contributed by atoms with Gasteiger partial charge < -0.3 is 4.74 Å². The maximum absolute atomic E-state index is 12.7. The number of hydrogen-bond donors (Lipinski definition) is 0. The van der Waals surface area contributed by atoms with Gasteiger partial charge in [0.05, 0.1) is 6.54 Å². The quantitative estimate of drug-likeness (QED) is 0.456. The third kappa shape index (κ3) is 6.60. The van der Waals surface area contributed by atoms with Gasteiger partial charge in [0.2, 0.25) is 0 Å². The molecule has 1 aliphatic rings. The molecule has 0 saturated heterocycles. The van der Waals surface area contributed by atoms with E-state index in [0.717, 1.165) is 25.9 Å². The summed E-state index contributed by atoms with van der Waals surface area (Å²) in [5, 5.41) is 0. The third-order valence-corrected chi connectivity index (χ3v) is 5.50. The predicted molar refractivity (Wildman–Crippen MR) is 108 cm³/mol. The molecule has 1 aromatic rings. The van der Waals surface area contributed by atoms with Crippen LogP contribution in [0.5, 0.6) is 0 Å². The fraction of sp³-hybridized carbons (Fsp3) is 0.609. The van der Waals surface area contributed by atoms with Gasteiger partial charge >= 0.3 is 5.97 Å². The first-order chi connectivity index (χ1) is 12.5. The largest absolute Gasteiger partial charge is 0.461 e. The van der Waals surface area contributed by atoms with Crippen molar-refractivity contribution in [3.8, 4) is 0 Å². The van der Waals surface area contributed by atoms with Crippen LogP contribution in [0.3, 0.4) is 0 Å². The van der Waals surface area contributed by atoms with Gasteiger partial charge in [0.1, 0.15) is 6.10 Å². The molecule has 0 heterocycles. The van der Waals surface area contributed by atoms with E-state index in [9.17, 15) is 4.79 Å². The summed E-state index contributed by atoms with van der Waals surface area (Å²) < 4.78 is 5.98. The van der Waals surface area contributed by atoms with Gasteiger partial charge in [0.25, 0.3) is 0 Å². The molecule has 0 aromatic heterocycles. The van der Waals surface area contributed by atoms with E-state index in [4.69, 9.17) is 4.74 Å². The van der Waals surface area contributed by atoms with E-state index >= 15 is 0 Å². The molecule has 1 aliphatic carbocycles. The molecule has 0 spiro atoms. The zero-order valence-corrected chi connectivity index (χ0v) is 16.7. The van der Waals surface area contributed by atoms with Crippen LogP contribution >= 0.6 is 0 Å². The Kier molecular flexibility index (Phi) is 8.37. The molecule has 3 heteroatoms. The zero-order chi connectivity index (χ0) is 18.9. The minimum absolute atomic E-state index is 0.0734. The van der Waals surface area contributed by atoms with Crippen LogP contribution in [0.1, 0.15) is 52.0 Å². The van der Waals surface area contributed by atoms with Crippen LogP contribution in [-0.4, -0.2) is 30.1 Å². The van der Waals surface area contributed by atoms with Crippen molar-refractivity contribution in [3.05, 3.63) is 48.6 Å². The molecule has 1 aromatic carbocycles. The number of carbonyl (C=O) groups is 1. The normalized spacial score (nSPS) is 23.2. The molecule has 0 amide bonds. The zero-order valence-electron chi connectivity index (χ0n) is 16.7. The topological polar surface area (TPSA) is 29.5 Å². The Bertz CT molecular complexity index is 555. The molecule has 144 valence electrons. The second-order valence-corrected chi connectivity index (χ2v) is 8.13. The van der Waals surface area contributed by atoms with Crippen LogP contribution < -0.4 is 0 Å². The van der Waals surface area contributed by atoms with Gasteiger partial charge in [0, 0.05) is 13.1 Å². The Hall–Kier alpha value is -1.61. The number of ether oxygens (including phenoxy) is 1. The van der Waals surface area contributed by atoms with Crippen LogP contribution in [0.25, 0.3) is 0 Å². The second kappa shape index (κ2) is 10.5. The summed E-state index contributed by atoms with van der Waals surface area (Å²) in [5.41, 5.74) is 1.22. The van der Waals surface area contributed by atoms with Crippen LogP contribution in [0.15, 0.2) is 43.0 Å². The molecule has 2 rings (SSSR count). The smallest absolute Gasteiger partial charge is 0.320 e. The lowest BCUT2D eigenvalue weighted by Gasteiger charge is -2.37. The Labute approximate surface area is 159 Å². The fourth-order valence-electron chi connectivity index (χ4n) is 3.97. The van der Waals surface area contributed by atoms with Crippen LogP contribution in [0, 0.1) is 17.8 Å². The van der Waals surface area contributed by atoms with Crippen molar-refractivity contribution in [1.82, 2.24) is 4.90 Å². The van der Waals surface area contributed by atoms with Crippen LogP contribution in [-0.2, 0) is 16.1 Å². The SMILES string of the molecule is C=CCCN(CC(=O)OC1CC(C)CCC1C(C)C)Cc1ccccc1. The highest BCUT2D eigenvalue weighted by Crippen LogP contribution is 2.35. The van der Waals surface area contributed by atoms with Crippen LogP contribution in [0.4, 0.5) is 0 Å². The summed E-state index contributed by atoms with van der Waals surface area (Å²) in [7, 11) is 0. The molecule has 1 saturated carbocycles. The number of esters is 1. The minimum Gasteiger partial charge on any atom is -0.461 e. The molecule has 3 nitrogen and oxygen atoms in total. The van der Waals surface area contributed by atoms with Gasteiger partial charge in [-0.3, -0.25) is 9.69 Å². The van der Waals surface area contributed by atoms with Crippen molar-refractivity contribution in [1.29, 1.82) is 0 Å². The molecular weight excluding hydrogens is 322 g/mol. The molecule has 3 atom stereocenters. The number of hydrogen-bond acceptors (Lipinski definition) is 3. The molecule has 3 unspecified atom stereocenters. The summed E-state index contributed by atoms with van der Waals surface area (Å²) in [6.45, 7) is 12.5. The van der Waals surface area contributed by atoms with Crippen molar-refractivity contribution < 1.29 is 9.53 Å². The highest BCUT2D eigenvalue weighted by atomic mass is 16.5. The summed E-state index contributed by atoms with van der Waals surface area (Å²) in [4.78, 5) is 14.8. The standard InChI is InChI=1S/C23H35NO2/c1-5-6-14-24(16-20-10-8-7-9-11-20)17-23(25)26-22-15-19(4)12-13-21(22)18(2)3/h5,7-11,18-19,21-22H,1,6,12-17H2,2-4H3. The van der Waals surface area contributed by atoms with Gasteiger partial charge in [0.15, 0.2) is 0 Å². The lowest BCUT2D eigenvalue weighted by atomic mass is 9.75. The Morgan fingerprint density at radius 1 is 1.31 bits per heavy atom. The predicted octanol–water partition coefficient (Wildman–Crippen LogP) is 5.07. The highest BCUT2D eigenvalue weighted by Gasteiger charge is 2.33. The first-order valence-electron chi connectivity index (χ1n) is 10.1. The summed E-state index contributed by atoms with van der Waals surface area (Å²) in [6.07, 6.45) is 6.26. The second-order valence-electron chi connectivity index (χ2n) is 8.13. The first-order valence-corrected chi connectivity index (χ1v) is 10.1. The fourth-order valence-corrected chi connectivity index (χ4v) is 3.97. The van der Waals surface area contributed by atoms with E-state index in [0.29, 0.717) is 24.3 Å². The summed E-state index contributed by atoms with van der Waals surface area (Å²) >= 11 is 0. The van der Waals surface area contributed by atoms with E-state index in [1.54, 1.807) is 0 Å². The molecule has 0 aliphatic heterocycles. The average Bonchev–Trinajstić information content (AvgIpc) is 2.60. The minimum atomic E-state index is -0.0882. The van der Waals surface area contributed by atoms with E-state index in [2.05, 4.69) is 44.4 Å². The summed E-state index contributed by atoms with van der Waals surface area (Å²) in [5.74, 6) is 1.60. The van der Waals surface area contributed by atoms with E-state index in [-0.39, 0.29) is 12.1 Å². The van der Waals surface area contributed by atoms with Gasteiger partial charge in [-0.2, -0.15) is 0 Å².